The molecule has 0 atom stereocenters. The molecule has 3 rings (SSSR count). The molecule has 0 fully saturated rings. The average Bonchev–Trinajstić information content (AvgIpc) is 2.28. The molecule has 79 valence electrons. The Labute approximate surface area is 95.7 Å². The normalized spacial score (nSPS) is 12.6. The fourth-order valence-corrected chi connectivity index (χ4v) is 2.06. The molecule has 1 heteroatoms. The lowest BCUT2D eigenvalue weighted by Crippen LogP contribution is -2.04. The van der Waals surface area contributed by atoms with Gasteiger partial charge in [-0.1, -0.05) is 18.2 Å². The van der Waals surface area contributed by atoms with Crippen molar-refractivity contribution < 1.29 is 4.74 Å². The van der Waals surface area contributed by atoms with Crippen molar-refractivity contribution in [3.63, 3.8) is 0 Å². The second-order valence-electron chi connectivity index (χ2n) is 4.31. The highest BCUT2D eigenvalue weighted by molar-refractivity contribution is 5.51. The van der Waals surface area contributed by atoms with Crippen LogP contribution < -0.4 is 4.74 Å². The van der Waals surface area contributed by atoms with Crippen molar-refractivity contribution in [2.24, 2.45) is 0 Å². The van der Waals surface area contributed by atoms with E-state index in [-0.39, 0.29) is 0 Å². The maximum atomic E-state index is 5.88. The highest BCUT2D eigenvalue weighted by Crippen LogP contribution is 2.37. The number of ether oxygens (including phenoxy) is 1. The van der Waals surface area contributed by atoms with E-state index in [0.717, 1.165) is 17.9 Å². The summed E-state index contributed by atoms with van der Waals surface area (Å²) in [5.41, 5.74) is 4.86. The molecule has 0 spiro atoms. The Morgan fingerprint density at radius 3 is 2.81 bits per heavy atom. The Balaban J connectivity index is 2.12. The lowest BCUT2D eigenvalue weighted by molar-refractivity contribution is 0.459. The van der Waals surface area contributed by atoms with Crippen LogP contribution in [0.5, 0.6) is 11.5 Å². The molecule has 1 aliphatic rings. The molecule has 0 saturated carbocycles. The van der Waals surface area contributed by atoms with Gasteiger partial charge in [-0.05, 0) is 48.7 Å². The minimum Gasteiger partial charge on any atom is -0.457 e. The first kappa shape index (κ1) is 9.46. The fraction of sp³-hybridized carbons (Fsp3) is 0.200. The molecule has 0 N–H and O–H groups in total. The Hall–Kier alpha value is -1.76. The lowest BCUT2D eigenvalue weighted by Gasteiger charge is -2.20. The molecule has 0 amide bonds. The van der Waals surface area contributed by atoms with Gasteiger partial charge in [0.25, 0.3) is 0 Å². The van der Waals surface area contributed by atoms with Crippen LogP contribution in [0.15, 0.2) is 30.3 Å². The van der Waals surface area contributed by atoms with Crippen LogP contribution in [0.4, 0.5) is 0 Å². The Bertz CT molecular complexity index is 505. The van der Waals surface area contributed by atoms with Crippen molar-refractivity contribution in [2.45, 2.75) is 20.3 Å². The van der Waals surface area contributed by atoms with Gasteiger partial charge in [-0.15, -0.1) is 0 Å². The smallest absolute Gasteiger partial charge is 0.131 e. The molecule has 0 saturated heterocycles. The zero-order chi connectivity index (χ0) is 11.1. The van der Waals surface area contributed by atoms with Crippen molar-refractivity contribution in [2.75, 3.05) is 0 Å². The van der Waals surface area contributed by atoms with Gasteiger partial charge in [0.15, 0.2) is 0 Å². The SMILES string of the molecule is Cc1[c]c2c(cc1C)Oc1ccccc1C2. The Morgan fingerprint density at radius 2 is 1.94 bits per heavy atom. The van der Waals surface area contributed by atoms with E-state index in [0.29, 0.717) is 0 Å². The van der Waals surface area contributed by atoms with Gasteiger partial charge in [0.1, 0.15) is 11.5 Å². The Kier molecular flexibility index (Phi) is 2.00. The molecule has 0 aromatic heterocycles. The zero-order valence-corrected chi connectivity index (χ0v) is 9.50. The van der Waals surface area contributed by atoms with E-state index in [1.807, 2.05) is 18.2 Å². The van der Waals surface area contributed by atoms with E-state index in [4.69, 9.17) is 4.74 Å². The molecule has 1 radical (unpaired) electrons. The van der Waals surface area contributed by atoms with E-state index >= 15 is 0 Å². The molecular formula is C15H13O. The van der Waals surface area contributed by atoms with Gasteiger partial charge in [-0.25, -0.2) is 0 Å². The summed E-state index contributed by atoms with van der Waals surface area (Å²) in [6.07, 6.45) is 0.923. The van der Waals surface area contributed by atoms with Crippen molar-refractivity contribution in [3.05, 3.63) is 58.7 Å². The van der Waals surface area contributed by atoms with Crippen LogP contribution in [0.1, 0.15) is 22.3 Å². The van der Waals surface area contributed by atoms with Gasteiger partial charge in [-0.2, -0.15) is 0 Å². The highest BCUT2D eigenvalue weighted by atomic mass is 16.5. The monoisotopic (exact) mass is 209 g/mol. The molecule has 1 nitrogen and oxygen atoms in total. The van der Waals surface area contributed by atoms with Crippen LogP contribution in [0.25, 0.3) is 0 Å². The zero-order valence-electron chi connectivity index (χ0n) is 9.50. The molecule has 16 heavy (non-hydrogen) atoms. The number of para-hydroxylation sites is 1. The van der Waals surface area contributed by atoms with E-state index in [2.05, 4.69) is 32.0 Å². The molecule has 0 bridgehead atoms. The molecular weight excluding hydrogens is 196 g/mol. The van der Waals surface area contributed by atoms with Gasteiger partial charge >= 0.3 is 0 Å². The third-order valence-electron chi connectivity index (χ3n) is 3.13. The first-order valence-corrected chi connectivity index (χ1v) is 5.52. The molecule has 2 aromatic rings. The Morgan fingerprint density at radius 1 is 1.12 bits per heavy atom. The van der Waals surface area contributed by atoms with E-state index < -0.39 is 0 Å². The highest BCUT2D eigenvalue weighted by Gasteiger charge is 2.17. The standard InChI is InChI=1S/C15H13O/c1-10-7-13-9-12-5-3-4-6-14(12)16-15(13)8-11(10)2/h3-6,8H,9H2,1-2H3. The van der Waals surface area contributed by atoms with Gasteiger partial charge in [-0.3, -0.25) is 0 Å². The van der Waals surface area contributed by atoms with Crippen LogP contribution in [0.3, 0.4) is 0 Å². The van der Waals surface area contributed by atoms with E-state index in [9.17, 15) is 0 Å². The number of fused-ring (bicyclic) bond motifs is 2. The molecule has 1 aliphatic heterocycles. The summed E-state index contributed by atoms with van der Waals surface area (Å²) in [6.45, 7) is 4.19. The summed E-state index contributed by atoms with van der Waals surface area (Å²) in [7, 11) is 0. The molecule has 0 aliphatic carbocycles. The summed E-state index contributed by atoms with van der Waals surface area (Å²) in [4.78, 5) is 0. The maximum Gasteiger partial charge on any atom is 0.131 e. The van der Waals surface area contributed by atoms with Crippen LogP contribution in [-0.4, -0.2) is 0 Å². The minimum absolute atomic E-state index is 0.923. The molecule has 2 aromatic carbocycles. The summed E-state index contributed by atoms with van der Waals surface area (Å²) in [6, 6.07) is 13.7. The van der Waals surface area contributed by atoms with Gasteiger partial charge in [0, 0.05) is 12.0 Å². The van der Waals surface area contributed by atoms with E-state index in [1.54, 1.807) is 0 Å². The predicted molar refractivity (Wildman–Crippen MR) is 64.1 cm³/mol. The van der Waals surface area contributed by atoms with Crippen molar-refractivity contribution in [3.8, 4) is 11.5 Å². The van der Waals surface area contributed by atoms with Crippen LogP contribution >= 0.6 is 0 Å². The topological polar surface area (TPSA) is 9.23 Å². The number of hydrogen-bond acceptors (Lipinski definition) is 1. The molecule has 0 unspecified atom stereocenters. The lowest BCUT2D eigenvalue weighted by atomic mass is 9.97. The fourth-order valence-electron chi connectivity index (χ4n) is 2.06. The van der Waals surface area contributed by atoms with Crippen molar-refractivity contribution in [1.29, 1.82) is 0 Å². The second-order valence-corrected chi connectivity index (χ2v) is 4.31. The minimum atomic E-state index is 0.923. The summed E-state index contributed by atoms with van der Waals surface area (Å²) in [5.74, 6) is 1.94. The predicted octanol–water partition coefficient (Wildman–Crippen LogP) is 3.80. The summed E-state index contributed by atoms with van der Waals surface area (Å²) < 4.78 is 5.88. The van der Waals surface area contributed by atoms with Crippen LogP contribution in [0.2, 0.25) is 0 Å². The quantitative estimate of drug-likeness (QED) is 0.547. The number of hydrogen-bond donors (Lipinski definition) is 0. The summed E-state index contributed by atoms with van der Waals surface area (Å²) in [5, 5.41) is 0. The van der Waals surface area contributed by atoms with Gasteiger partial charge < -0.3 is 4.74 Å². The first-order chi connectivity index (χ1) is 7.74. The van der Waals surface area contributed by atoms with E-state index in [1.165, 1.54) is 22.3 Å². The van der Waals surface area contributed by atoms with Gasteiger partial charge in [0.05, 0.1) is 0 Å². The second kappa shape index (κ2) is 3.38. The number of rotatable bonds is 0. The van der Waals surface area contributed by atoms with Crippen molar-refractivity contribution in [1.82, 2.24) is 0 Å². The van der Waals surface area contributed by atoms with Crippen molar-refractivity contribution >= 4 is 0 Å². The van der Waals surface area contributed by atoms with Crippen LogP contribution in [-0.2, 0) is 6.42 Å². The van der Waals surface area contributed by atoms with Crippen LogP contribution in [0, 0.1) is 19.9 Å². The van der Waals surface area contributed by atoms with Gasteiger partial charge in [0.2, 0.25) is 0 Å². The maximum absolute atomic E-state index is 5.88. The number of aryl methyl sites for hydroxylation is 2. The first-order valence-electron chi connectivity index (χ1n) is 5.52. The summed E-state index contributed by atoms with van der Waals surface area (Å²) >= 11 is 0. The average molecular weight is 209 g/mol. The third-order valence-corrected chi connectivity index (χ3v) is 3.13. The largest absolute Gasteiger partial charge is 0.457 e. The molecule has 1 heterocycles. The number of benzene rings is 2. The third kappa shape index (κ3) is 1.40.